The van der Waals surface area contributed by atoms with Gasteiger partial charge in [-0.1, -0.05) is 0 Å². The van der Waals surface area contributed by atoms with E-state index in [0.717, 1.165) is 7.11 Å². The van der Waals surface area contributed by atoms with Crippen LogP contribution in [0, 0.1) is 0 Å². The Morgan fingerprint density at radius 2 is 0.267 bits per heavy atom. The molecule has 0 bridgehead atoms. The van der Waals surface area contributed by atoms with Crippen LogP contribution in [0.4, 0.5) is 0 Å². The monoisotopic (exact) mass is 352 g/mol. The molecule has 0 aliphatic carbocycles. The van der Waals surface area contributed by atoms with Crippen LogP contribution in [0.1, 0.15) is 0 Å². The molecule has 0 atom stereocenters. The molecule has 29 heteroatoms. The van der Waals surface area contributed by atoms with E-state index in [-0.39, 0.29) is 226 Å². The van der Waals surface area contributed by atoms with Gasteiger partial charge in [0.2, 0.25) is 0 Å². The number of aliphatic hydroxyl groups is 1. The second-order valence-electron chi connectivity index (χ2n) is 1.15. The Labute approximate surface area is 322 Å². The number of hydrogen-bond donors (Lipinski definition) is 1. The van der Waals surface area contributed by atoms with Gasteiger partial charge in [-0.3, -0.25) is 29.3 Å². The summed E-state index contributed by atoms with van der Waals surface area (Å²) in [6.07, 6.45) is 0. The smallest absolute Gasteiger partial charge is 0.907 e. The molecule has 0 spiro atoms. The predicted octanol–water partition coefficient (Wildman–Crippen LogP) is -52.1. The summed E-state index contributed by atoms with van der Waals surface area (Å²) in [7, 11) is -10.7. The molecule has 0 saturated heterocycles. The standard InChI is InChI=1S/CH4O.4BO3.12Li/c1-2;4*2-1(3)4;;;;;;;;;;;;/h2H,1H3;;;;;;;;;;;;;;;;/q;4*-3;12*+1. The molecule has 13 nitrogen and oxygen atoms in total. The molecule has 30 heavy (non-hydrogen) atoms. The molecule has 0 rings (SSSR count). The Balaban J connectivity index is -0.00000000431. The quantitative estimate of drug-likeness (QED) is 0.397. The van der Waals surface area contributed by atoms with Crippen molar-refractivity contribution < 1.29 is 292 Å². The summed E-state index contributed by atoms with van der Waals surface area (Å²) in [5, 5.41) is 108. The van der Waals surface area contributed by atoms with Gasteiger partial charge in [-0.15, -0.1) is 0 Å². The van der Waals surface area contributed by atoms with E-state index in [0.29, 0.717) is 0 Å². The van der Waals surface area contributed by atoms with E-state index in [1.807, 2.05) is 0 Å². The van der Waals surface area contributed by atoms with Gasteiger partial charge in [0.1, 0.15) is 0 Å². The van der Waals surface area contributed by atoms with Crippen LogP contribution in [-0.4, -0.2) is 41.5 Å². The first kappa shape index (κ1) is 120. The molecular formula is CH4B4Li12O13. The maximum absolute atomic E-state index is 8.42. The molecule has 110 valence electrons. The third-order valence-electron chi connectivity index (χ3n) is 0. The second kappa shape index (κ2) is 122. The van der Waals surface area contributed by atoms with E-state index < -0.39 is 29.3 Å². The number of hydrogen-bond acceptors (Lipinski definition) is 13. The minimum atomic E-state index is -2.92. The maximum Gasteiger partial charge on any atom is 1.00 e. The molecule has 0 radical (unpaired) electrons. The average molecular weight is 351 g/mol. The summed E-state index contributed by atoms with van der Waals surface area (Å²) in [4.78, 5) is 0. The normalized spacial score (nSPS) is 3.80. The van der Waals surface area contributed by atoms with Crippen LogP contribution < -0.4 is 287 Å². The van der Waals surface area contributed by atoms with Gasteiger partial charge < -0.3 is 65.4 Å². The zero-order chi connectivity index (χ0) is 16.3. The summed E-state index contributed by atoms with van der Waals surface area (Å²) < 4.78 is 0. The van der Waals surface area contributed by atoms with E-state index in [2.05, 4.69) is 0 Å². The van der Waals surface area contributed by atoms with E-state index in [1.165, 1.54) is 0 Å². The van der Waals surface area contributed by atoms with Gasteiger partial charge in [-0.25, -0.2) is 0 Å². The van der Waals surface area contributed by atoms with Crippen LogP contribution in [0.3, 0.4) is 0 Å². The van der Waals surface area contributed by atoms with E-state index >= 15 is 0 Å². The zero-order valence-corrected chi connectivity index (χ0v) is 20.7. The third-order valence-corrected chi connectivity index (χ3v) is 0. The topological polar surface area (TPSA) is 297 Å². The zero-order valence-electron chi connectivity index (χ0n) is 20.7. The van der Waals surface area contributed by atoms with Crippen molar-refractivity contribution in [2.24, 2.45) is 0 Å². The van der Waals surface area contributed by atoms with Gasteiger partial charge in [0.05, 0.1) is 0 Å². The minimum Gasteiger partial charge on any atom is -0.907 e. The van der Waals surface area contributed by atoms with Crippen molar-refractivity contribution in [1.29, 1.82) is 0 Å². The van der Waals surface area contributed by atoms with Gasteiger partial charge >= 0.3 is 226 Å². The molecule has 0 aliphatic heterocycles. The third kappa shape index (κ3) is 841. The minimum absolute atomic E-state index is 0. The van der Waals surface area contributed by atoms with Crippen LogP contribution in [0.2, 0.25) is 0 Å². The Morgan fingerprint density at radius 1 is 0.267 bits per heavy atom. The molecule has 0 saturated carbocycles. The molecule has 0 unspecified atom stereocenters. The fourth-order valence-electron chi connectivity index (χ4n) is 0. The Morgan fingerprint density at radius 3 is 0.267 bits per heavy atom. The average Bonchev–Trinajstić information content (AvgIpc) is 2.01. The number of aliphatic hydroxyl groups excluding tert-OH is 1. The predicted molar refractivity (Wildman–Crippen MR) is 31.2 cm³/mol. The van der Waals surface area contributed by atoms with Gasteiger partial charge in [0.15, 0.2) is 0 Å². The molecule has 0 heterocycles. The maximum atomic E-state index is 8.42. The molecule has 1 N–H and O–H groups in total. The van der Waals surface area contributed by atoms with Crippen molar-refractivity contribution in [3.05, 3.63) is 0 Å². The van der Waals surface area contributed by atoms with Gasteiger partial charge in [0, 0.05) is 7.11 Å². The van der Waals surface area contributed by atoms with Crippen LogP contribution in [0.25, 0.3) is 0 Å². The summed E-state index contributed by atoms with van der Waals surface area (Å²) in [5.74, 6) is 0. The van der Waals surface area contributed by atoms with Crippen molar-refractivity contribution in [2.45, 2.75) is 0 Å². The molecule has 0 fully saturated rings. The molecule has 0 aromatic heterocycles. The SMILES string of the molecule is CO.[Li+].[Li+].[Li+].[Li+].[Li+].[Li+].[Li+].[Li+].[Li+].[Li+].[Li+].[Li+].[O-]B([O-])[O-].[O-]B([O-])[O-].[O-]B([O-])[O-].[O-]B([O-])[O-]. The molecule has 0 aromatic rings. The van der Waals surface area contributed by atoms with E-state index in [1.54, 1.807) is 0 Å². The van der Waals surface area contributed by atoms with Crippen molar-refractivity contribution in [3.8, 4) is 0 Å². The summed E-state index contributed by atoms with van der Waals surface area (Å²) >= 11 is 0. The molecular weight excluding hydrogens is 347 g/mol. The molecule has 0 aromatic carbocycles. The van der Waals surface area contributed by atoms with Crippen LogP contribution in [0.15, 0.2) is 0 Å². The van der Waals surface area contributed by atoms with Gasteiger partial charge in [0.25, 0.3) is 0 Å². The second-order valence-corrected chi connectivity index (χ2v) is 1.15. The Kier molecular flexibility index (Phi) is 490. The van der Waals surface area contributed by atoms with Crippen molar-refractivity contribution in [3.63, 3.8) is 0 Å². The molecule has 0 aliphatic rings. The van der Waals surface area contributed by atoms with Crippen LogP contribution in [-0.2, 0) is 0 Å². The summed E-state index contributed by atoms with van der Waals surface area (Å²) in [5.41, 5.74) is 0. The Bertz CT molecular complexity index is 91.1. The van der Waals surface area contributed by atoms with Crippen LogP contribution >= 0.6 is 0 Å². The largest absolute Gasteiger partial charge is 1.00 e. The first-order valence-electron chi connectivity index (χ1n) is 3.28. The fourth-order valence-corrected chi connectivity index (χ4v) is 0. The van der Waals surface area contributed by atoms with Crippen LogP contribution in [0.5, 0.6) is 0 Å². The van der Waals surface area contributed by atoms with E-state index in [4.69, 9.17) is 65.4 Å². The number of rotatable bonds is 0. The van der Waals surface area contributed by atoms with E-state index in [9.17, 15) is 0 Å². The summed E-state index contributed by atoms with van der Waals surface area (Å²) in [6, 6.07) is 0. The van der Waals surface area contributed by atoms with Gasteiger partial charge in [-0.05, 0) is 0 Å². The van der Waals surface area contributed by atoms with Gasteiger partial charge in [-0.2, -0.15) is 0 Å². The molecule has 0 amide bonds. The first-order chi connectivity index (χ1) is 7.93. The fraction of sp³-hybridized carbons (Fsp3) is 1.00. The van der Waals surface area contributed by atoms with Crippen molar-refractivity contribution in [2.75, 3.05) is 7.11 Å². The van der Waals surface area contributed by atoms with Crippen molar-refractivity contribution in [1.82, 2.24) is 0 Å². The summed E-state index contributed by atoms with van der Waals surface area (Å²) in [6.45, 7) is 0. The Hall–Kier alpha value is 6.91. The first-order valence-corrected chi connectivity index (χ1v) is 3.28. The van der Waals surface area contributed by atoms with Crippen molar-refractivity contribution >= 4 is 29.3 Å².